The Balaban J connectivity index is 2.46. The predicted molar refractivity (Wildman–Crippen MR) is 52.4 cm³/mol. The minimum absolute atomic E-state index is 0.720. The molecule has 1 aromatic heterocycles. The summed E-state index contributed by atoms with van der Waals surface area (Å²) in [6.45, 7) is 4.00. The van der Waals surface area contributed by atoms with E-state index in [-0.39, 0.29) is 0 Å². The van der Waals surface area contributed by atoms with Gasteiger partial charge in [0.25, 0.3) is 0 Å². The summed E-state index contributed by atoms with van der Waals surface area (Å²) in [5, 5.41) is 10.0. The van der Waals surface area contributed by atoms with Crippen molar-refractivity contribution in [1.29, 1.82) is 0 Å². The maximum Gasteiger partial charge on any atom is 0.0963 e. The van der Waals surface area contributed by atoms with Crippen LogP contribution in [0.1, 0.15) is 45.1 Å². The van der Waals surface area contributed by atoms with Crippen LogP contribution in [0.25, 0.3) is 0 Å². The molecule has 2 heteroatoms. The van der Waals surface area contributed by atoms with Gasteiger partial charge in [-0.3, -0.25) is 0 Å². The highest BCUT2D eigenvalue weighted by Gasteiger charge is 2.23. The Morgan fingerprint density at radius 3 is 2.77 bits per heavy atom. The summed E-state index contributed by atoms with van der Waals surface area (Å²) < 4.78 is 4.95. The monoisotopic (exact) mass is 182 g/mol. The zero-order chi connectivity index (χ0) is 9.73. The van der Waals surface area contributed by atoms with Gasteiger partial charge in [0.2, 0.25) is 0 Å². The van der Waals surface area contributed by atoms with Gasteiger partial charge >= 0.3 is 0 Å². The Hall–Kier alpha value is -0.760. The lowest BCUT2D eigenvalue weighted by molar-refractivity contribution is 0.0444. The van der Waals surface area contributed by atoms with E-state index >= 15 is 0 Å². The molecule has 0 aliphatic carbocycles. The van der Waals surface area contributed by atoms with Crippen LogP contribution in [0.4, 0.5) is 0 Å². The van der Waals surface area contributed by atoms with Crippen LogP contribution in [0.2, 0.25) is 0 Å². The van der Waals surface area contributed by atoms with Gasteiger partial charge in [0, 0.05) is 5.56 Å². The molecule has 0 aromatic carbocycles. The molecule has 0 fully saturated rings. The summed E-state index contributed by atoms with van der Waals surface area (Å²) in [4.78, 5) is 0. The van der Waals surface area contributed by atoms with Crippen LogP contribution < -0.4 is 0 Å². The molecule has 1 heterocycles. The SMILES string of the molecule is CCCCCC(C)(O)c1ccoc1. The van der Waals surface area contributed by atoms with Gasteiger partial charge in [0.15, 0.2) is 0 Å². The van der Waals surface area contributed by atoms with Crippen LogP contribution in [0.3, 0.4) is 0 Å². The first kappa shape index (κ1) is 10.3. The average Bonchev–Trinajstić information content (AvgIpc) is 2.56. The minimum Gasteiger partial charge on any atom is -0.472 e. The van der Waals surface area contributed by atoms with Crippen molar-refractivity contribution in [3.8, 4) is 0 Å². The van der Waals surface area contributed by atoms with Crippen LogP contribution in [-0.4, -0.2) is 5.11 Å². The fourth-order valence-electron chi connectivity index (χ4n) is 1.43. The molecule has 0 spiro atoms. The molecule has 0 radical (unpaired) electrons. The molecule has 0 saturated carbocycles. The molecule has 1 unspecified atom stereocenters. The van der Waals surface area contributed by atoms with Gasteiger partial charge in [-0.05, 0) is 19.4 Å². The Morgan fingerprint density at radius 2 is 2.23 bits per heavy atom. The number of aliphatic hydroxyl groups is 1. The van der Waals surface area contributed by atoms with E-state index in [0.717, 1.165) is 18.4 Å². The van der Waals surface area contributed by atoms with E-state index in [0.29, 0.717) is 0 Å². The summed E-state index contributed by atoms with van der Waals surface area (Å²) in [6, 6.07) is 1.83. The summed E-state index contributed by atoms with van der Waals surface area (Å²) in [5.74, 6) is 0. The molecule has 1 aromatic rings. The Kier molecular flexibility index (Phi) is 3.55. The standard InChI is InChI=1S/C11H18O2/c1-3-4-5-7-11(2,12)10-6-8-13-9-10/h6,8-9,12H,3-5,7H2,1-2H3. The first-order valence-electron chi connectivity index (χ1n) is 4.92. The van der Waals surface area contributed by atoms with E-state index in [1.165, 1.54) is 12.8 Å². The molecule has 0 aliphatic heterocycles. The molecule has 1 atom stereocenters. The van der Waals surface area contributed by atoms with Crippen LogP contribution in [0.15, 0.2) is 23.0 Å². The maximum absolute atomic E-state index is 10.0. The molecule has 0 saturated heterocycles. The van der Waals surface area contributed by atoms with E-state index in [4.69, 9.17) is 4.42 Å². The lowest BCUT2D eigenvalue weighted by Crippen LogP contribution is -2.19. The van der Waals surface area contributed by atoms with Gasteiger partial charge in [0.05, 0.1) is 18.1 Å². The van der Waals surface area contributed by atoms with Crippen molar-refractivity contribution in [2.75, 3.05) is 0 Å². The Bertz CT molecular complexity index is 224. The van der Waals surface area contributed by atoms with Gasteiger partial charge in [0.1, 0.15) is 0 Å². The molecular weight excluding hydrogens is 164 g/mol. The van der Waals surface area contributed by atoms with E-state index in [1.54, 1.807) is 12.5 Å². The summed E-state index contributed by atoms with van der Waals surface area (Å²) >= 11 is 0. The highest BCUT2D eigenvalue weighted by Crippen LogP contribution is 2.26. The van der Waals surface area contributed by atoms with Crippen LogP contribution >= 0.6 is 0 Å². The largest absolute Gasteiger partial charge is 0.472 e. The molecule has 74 valence electrons. The number of hydrogen-bond acceptors (Lipinski definition) is 2. The number of hydrogen-bond donors (Lipinski definition) is 1. The molecule has 1 N–H and O–H groups in total. The van der Waals surface area contributed by atoms with Crippen molar-refractivity contribution in [2.45, 2.75) is 45.1 Å². The van der Waals surface area contributed by atoms with Gasteiger partial charge in [-0.15, -0.1) is 0 Å². The van der Waals surface area contributed by atoms with Crippen LogP contribution in [-0.2, 0) is 5.60 Å². The van der Waals surface area contributed by atoms with Crippen LogP contribution in [0.5, 0.6) is 0 Å². The zero-order valence-electron chi connectivity index (χ0n) is 8.42. The zero-order valence-corrected chi connectivity index (χ0v) is 8.42. The van der Waals surface area contributed by atoms with Crippen molar-refractivity contribution in [3.63, 3.8) is 0 Å². The number of unbranched alkanes of at least 4 members (excludes halogenated alkanes) is 2. The normalized spacial score (nSPS) is 15.6. The molecule has 0 aliphatic rings. The van der Waals surface area contributed by atoms with E-state index in [9.17, 15) is 5.11 Å². The highest BCUT2D eigenvalue weighted by atomic mass is 16.3. The Labute approximate surface area is 79.6 Å². The van der Waals surface area contributed by atoms with E-state index in [2.05, 4.69) is 6.92 Å². The van der Waals surface area contributed by atoms with Crippen molar-refractivity contribution < 1.29 is 9.52 Å². The maximum atomic E-state index is 10.0. The topological polar surface area (TPSA) is 33.4 Å². The van der Waals surface area contributed by atoms with Gasteiger partial charge in [-0.1, -0.05) is 26.2 Å². The van der Waals surface area contributed by atoms with Gasteiger partial charge in [-0.2, -0.15) is 0 Å². The van der Waals surface area contributed by atoms with Crippen molar-refractivity contribution in [3.05, 3.63) is 24.2 Å². The Morgan fingerprint density at radius 1 is 1.46 bits per heavy atom. The van der Waals surface area contributed by atoms with Crippen molar-refractivity contribution >= 4 is 0 Å². The molecule has 2 nitrogen and oxygen atoms in total. The van der Waals surface area contributed by atoms with Crippen molar-refractivity contribution in [2.24, 2.45) is 0 Å². The van der Waals surface area contributed by atoms with Gasteiger partial charge < -0.3 is 9.52 Å². The van der Waals surface area contributed by atoms with E-state index < -0.39 is 5.60 Å². The lowest BCUT2D eigenvalue weighted by atomic mass is 9.92. The summed E-state index contributed by atoms with van der Waals surface area (Å²) in [6.07, 6.45) is 7.44. The second-order valence-electron chi connectivity index (χ2n) is 3.74. The second kappa shape index (κ2) is 4.47. The molecule has 0 amide bonds. The summed E-state index contributed by atoms with van der Waals surface area (Å²) in [5.41, 5.74) is 0.158. The van der Waals surface area contributed by atoms with Crippen molar-refractivity contribution in [1.82, 2.24) is 0 Å². The fourth-order valence-corrected chi connectivity index (χ4v) is 1.43. The number of furan rings is 1. The number of rotatable bonds is 5. The third-order valence-electron chi connectivity index (χ3n) is 2.41. The molecular formula is C11H18O2. The van der Waals surface area contributed by atoms with Gasteiger partial charge in [-0.25, -0.2) is 0 Å². The van der Waals surface area contributed by atoms with Crippen LogP contribution in [0, 0.1) is 0 Å². The first-order chi connectivity index (χ1) is 6.17. The molecule has 13 heavy (non-hydrogen) atoms. The lowest BCUT2D eigenvalue weighted by Gasteiger charge is -2.21. The summed E-state index contributed by atoms with van der Waals surface area (Å²) in [7, 11) is 0. The second-order valence-corrected chi connectivity index (χ2v) is 3.74. The van der Waals surface area contributed by atoms with E-state index in [1.807, 2.05) is 13.0 Å². The quantitative estimate of drug-likeness (QED) is 0.710. The smallest absolute Gasteiger partial charge is 0.0963 e. The third kappa shape index (κ3) is 2.88. The molecule has 1 rings (SSSR count). The highest BCUT2D eigenvalue weighted by molar-refractivity contribution is 5.14. The predicted octanol–water partition coefficient (Wildman–Crippen LogP) is 3.07. The third-order valence-corrected chi connectivity index (χ3v) is 2.41. The fraction of sp³-hybridized carbons (Fsp3) is 0.636. The average molecular weight is 182 g/mol. The minimum atomic E-state index is -0.720. The molecule has 0 bridgehead atoms. The first-order valence-corrected chi connectivity index (χ1v) is 4.92.